The molecule has 3 rings (SSSR count). The maximum atomic E-state index is 13.2. The number of nitrogens with zero attached hydrogens (tertiary/aromatic N) is 3. The van der Waals surface area contributed by atoms with Gasteiger partial charge in [-0.2, -0.15) is 0 Å². The number of thiazole rings is 1. The number of benzene rings is 1. The smallest absolute Gasteiger partial charge is 0.307 e. The van der Waals surface area contributed by atoms with E-state index in [9.17, 15) is 14.0 Å². The largest absolute Gasteiger partial charge is 0.341 e. The first-order chi connectivity index (χ1) is 12.0. The third kappa shape index (κ3) is 3.69. The highest BCUT2D eigenvalue weighted by Crippen LogP contribution is 2.20. The molecule has 0 spiro atoms. The van der Waals surface area contributed by atoms with E-state index in [-0.39, 0.29) is 23.1 Å². The molecule has 1 aromatic carbocycles. The normalized spacial score (nSPS) is 12.1. The van der Waals surface area contributed by atoms with Gasteiger partial charge in [0.1, 0.15) is 24.2 Å². The summed E-state index contributed by atoms with van der Waals surface area (Å²) >= 11 is 1.06. The molecule has 8 heteroatoms. The van der Waals surface area contributed by atoms with Gasteiger partial charge in [0, 0.05) is 30.5 Å². The number of carbonyl (C=O) groups excluding carboxylic acids is 1. The monoisotopic (exact) mass is 360 g/mol. The van der Waals surface area contributed by atoms with E-state index in [1.54, 1.807) is 41.4 Å². The van der Waals surface area contributed by atoms with Gasteiger partial charge in [-0.25, -0.2) is 9.37 Å². The Morgan fingerprint density at radius 3 is 2.64 bits per heavy atom. The van der Waals surface area contributed by atoms with Crippen LogP contribution in [0.5, 0.6) is 0 Å². The van der Waals surface area contributed by atoms with Gasteiger partial charge in [-0.3, -0.25) is 14.2 Å². The fourth-order valence-electron chi connectivity index (χ4n) is 2.55. The molecule has 25 heavy (non-hydrogen) atoms. The van der Waals surface area contributed by atoms with Crippen LogP contribution in [-0.4, -0.2) is 20.0 Å². The number of carbonyl (C=O) groups is 1. The zero-order valence-corrected chi connectivity index (χ0v) is 14.6. The Kier molecular flexibility index (Phi) is 4.80. The van der Waals surface area contributed by atoms with Crippen molar-refractivity contribution in [2.45, 2.75) is 19.5 Å². The van der Waals surface area contributed by atoms with Gasteiger partial charge < -0.3 is 9.88 Å². The van der Waals surface area contributed by atoms with Gasteiger partial charge in [0.2, 0.25) is 5.91 Å². The maximum Gasteiger partial charge on any atom is 0.307 e. The number of hydrogen-bond donors (Lipinski definition) is 1. The summed E-state index contributed by atoms with van der Waals surface area (Å²) in [4.78, 5) is 28.4. The Morgan fingerprint density at radius 1 is 1.36 bits per heavy atom. The van der Waals surface area contributed by atoms with Crippen molar-refractivity contribution in [3.05, 3.63) is 74.6 Å². The predicted octanol–water partition coefficient (Wildman–Crippen LogP) is 2.00. The van der Waals surface area contributed by atoms with Crippen LogP contribution in [0.25, 0.3) is 0 Å². The van der Waals surface area contributed by atoms with Gasteiger partial charge in [0.15, 0.2) is 0 Å². The molecule has 1 amide bonds. The zero-order valence-electron chi connectivity index (χ0n) is 13.8. The van der Waals surface area contributed by atoms with Crippen LogP contribution in [0, 0.1) is 12.7 Å². The lowest BCUT2D eigenvalue weighted by molar-refractivity contribution is -0.122. The molecule has 0 saturated heterocycles. The summed E-state index contributed by atoms with van der Waals surface area (Å²) in [5.74, 6) is -0.0515. The molecule has 3 aromatic rings. The van der Waals surface area contributed by atoms with Crippen molar-refractivity contribution in [1.29, 1.82) is 0 Å². The summed E-state index contributed by atoms with van der Waals surface area (Å²) in [7, 11) is 1.82. The number of amides is 1. The molecule has 0 aliphatic heterocycles. The van der Waals surface area contributed by atoms with Crippen molar-refractivity contribution < 1.29 is 9.18 Å². The quantitative estimate of drug-likeness (QED) is 0.757. The number of aromatic nitrogens is 3. The molecule has 0 aliphatic carbocycles. The summed E-state index contributed by atoms with van der Waals surface area (Å²) in [6.07, 6.45) is 3.40. The van der Waals surface area contributed by atoms with E-state index < -0.39 is 6.04 Å². The van der Waals surface area contributed by atoms with Crippen molar-refractivity contribution in [3.8, 4) is 0 Å². The summed E-state index contributed by atoms with van der Waals surface area (Å²) in [5, 5.41) is 4.60. The van der Waals surface area contributed by atoms with Crippen LogP contribution in [0.15, 0.2) is 46.8 Å². The highest BCUT2D eigenvalue weighted by Gasteiger charge is 2.21. The van der Waals surface area contributed by atoms with Gasteiger partial charge in [0.05, 0.1) is 0 Å². The molecule has 2 heterocycles. The van der Waals surface area contributed by atoms with Crippen LogP contribution in [0.1, 0.15) is 23.1 Å². The van der Waals surface area contributed by atoms with Gasteiger partial charge in [-0.05, 0) is 24.6 Å². The lowest BCUT2D eigenvalue weighted by Gasteiger charge is -2.19. The van der Waals surface area contributed by atoms with Crippen LogP contribution >= 0.6 is 11.3 Å². The van der Waals surface area contributed by atoms with E-state index in [0.29, 0.717) is 11.4 Å². The number of aryl methyl sites for hydroxylation is 2. The minimum Gasteiger partial charge on any atom is -0.341 e. The van der Waals surface area contributed by atoms with Crippen molar-refractivity contribution in [1.82, 2.24) is 19.4 Å². The second kappa shape index (κ2) is 7.02. The first kappa shape index (κ1) is 17.1. The number of nitrogens with one attached hydrogen (secondary N) is 1. The fourth-order valence-corrected chi connectivity index (χ4v) is 3.29. The number of rotatable bonds is 5. The highest BCUT2D eigenvalue weighted by atomic mass is 32.1. The Morgan fingerprint density at radius 2 is 2.08 bits per heavy atom. The summed E-state index contributed by atoms with van der Waals surface area (Å²) < 4.78 is 16.4. The first-order valence-electron chi connectivity index (χ1n) is 7.62. The van der Waals surface area contributed by atoms with Crippen LogP contribution in [0.2, 0.25) is 0 Å². The molecule has 1 N–H and O–H groups in total. The summed E-state index contributed by atoms with van der Waals surface area (Å²) in [6.45, 7) is 1.71. The molecule has 6 nitrogen and oxygen atoms in total. The highest BCUT2D eigenvalue weighted by molar-refractivity contribution is 7.07. The van der Waals surface area contributed by atoms with Crippen LogP contribution in [-0.2, 0) is 18.4 Å². The van der Waals surface area contributed by atoms with E-state index in [4.69, 9.17) is 0 Å². The minimum atomic E-state index is -0.539. The SMILES string of the molecule is Cc1csc(=O)n1CC(=O)N[C@@H](c1ccc(F)cc1)c1nccn1C. The molecule has 1 atom stereocenters. The van der Waals surface area contributed by atoms with Crippen molar-refractivity contribution in [2.75, 3.05) is 0 Å². The standard InChI is InChI=1S/C17H17FN4O2S/c1-11-10-25-17(24)22(11)9-14(23)20-15(16-19-7-8-21(16)2)12-3-5-13(18)6-4-12/h3-8,10,15H,9H2,1-2H3,(H,20,23)/t15-/m0/s1. The Balaban J connectivity index is 1.87. The van der Waals surface area contributed by atoms with Gasteiger partial charge in [-0.1, -0.05) is 23.5 Å². The third-order valence-electron chi connectivity index (χ3n) is 3.90. The van der Waals surface area contributed by atoms with Crippen molar-refractivity contribution in [3.63, 3.8) is 0 Å². The van der Waals surface area contributed by atoms with E-state index in [1.165, 1.54) is 16.7 Å². The van der Waals surface area contributed by atoms with E-state index in [0.717, 1.165) is 17.0 Å². The molecule has 2 aromatic heterocycles. The van der Waals surface area contributed by atoms with Crippen LogP contribution < -0.4 is 10.2 Å². The molecule has 0 aliphatic rings. The maximum absolute atomic E-state index is 13.2. The molecule has 0 bridgehead atoms. The average molecular weight is 360 g/mol. The lowest BCUT2D eigenvalue weighted by atomic mass is 10.1. The molecule has 0 radical (unpaired) electrons. The van der Waals surface area contributed by atoms with Gasteiger partial charge in [-0.15, -0.1) is 0 Å². The second-order valence-electron chi connectivity index (χ2n) is 5.68. The second-order valence-corrected chi connectivity index (χ2v) is 6.50. The van der Waals surface area contributed by atoms with Crippen LogP contribution in [0.3, 0.4) is 0 Å². The fraction of sp³-hybridized carbons (Fsp3) is 0.235. The first-order valence-corrected chi connectivity index (χ1v) is 8.50. The number of imidazole rings is 1. The Bertz CT molecular complexity index is 942. The molecule has 0 saturated carbocycles. The molecule has 0 unspecified atom stereocenters. The third-order valence-corrected chi connectivity index (χ3v) is 4.78. The molecule has 130 valence electrons. The average Bonchev–Trinajstić information content (AvgIpc) is 3.14. The lowest BCUT2D eigenvalue weighted by Crippen LogP contribution is -2.35. The van der Waals surface area contributed by atoms with Crippen LogP contribution in [0.4, 0.5) is 4.39 Å². The summed E-state index contributed by atoms with van der Waals surface area (Å²) in [5.41, 5.74) is 1.44. The number of hydrogen-bond acceptors (Lipinski definition) is 4. The Labute approximate surface area is 147 Å². The van der Waals surface area contributed by atoms with Crippen molar-refractivity contribution >= 4 is 17.2 Å². The van der Waals surface area contributed by atoms with Gasteiger partial charge in [0.25, 0.3) is 0 Å². The molecular weight excluding hydrogens is 343 g/mol. The zero-order chi connectivity index (χ0) is 18.0. The Hall–Kier alpha value is -2.74. The predicted molar refractivity (Wildman–Crippen MR) is 92.9 cm³/mol. The van der Waals surface area contributed by atoms with Gasteiger partial charge >= 0.3 is 4.87 Å². The summed E-state index contributed by atoms with van der Waals surface area (Å²) in [6, 6.07) is 5.35. The topological polar surface area (TPSA) is 68.9 Å². The molecular formula is C17H17FN4O2S. The van der Waals surface area contributed by atoms with E-state index in [2.05, 4.69) is 10.3 Å². The molecule has 0 fully saturated rings. The number of halogens is 1. The minimum absolute atomic E-state index is 0.0731. The van der Waals surface area contributed by atoms with Crippen molar-refractivity contribution in [2.24, 2.45) is 7.05 Å². The van der Waals surface area contributed by atoms with E-state index >= 15 is 0 Å². The van der Waals surface area contributed by atoms with E-state index in [1.807, 2.05) is 7.05 Å².